The molecule has 19 heavy (non-hydrogen) atoms. The first kappa shape index (κ1) is 13.0. The van der Waals surface area contributed by atoms with Gasteiger partial charge in [-0.2, -0.15) is 0 Å². The van der Waals surface area contributed by atoms with E-state index >= 15 is 0 Å². The van der Waals surface area contributed by atoms with E-state index in [4.69, 9.17) is 0 Å². The summed E-state index contributed by atoms with van der Waals surface area (Å²) >= 11 is 1.70. The van der Waals surface area contributed by atoms with Gasteiger partial charge < -0.3 is 5.32 Å². The van der Waals surface area contributed by atoms with E-state index in [1.165, 1.54) is 30.6 Å². The highest BCUT2D eigenvalue weighted by Crippen LogP contribution is 2.49. The van der Waals surface area contributed by atoms with Gasteiger partial charge in [-0.25, -0.2) is 0 Å². The predicted octanol–water partition coefficient (Wildman–Crippen LogP) is 4.17. The summed E-state index contributed by atoms with van der Waals surface area (Å²) in [5, 5.41) is 3.05. The summed E-state index contributed by atoms with van der Waals surface area (Å²) in [5.41, 5.74) is 0.931. The fourth-order valence-electron chi connectivity index (χ4n) is 3.78. The molecule has 1 aromatic rings. The molecule has 1 N–H and O–H groups in total. The van der Waals surface area contributed by atoms with Crippen LogP contribution in [0.4, 0.5) is 5.69 Å². The van der Waals surface area contributed by atoms with Crippen LogP contribution in [0.1, 0.15) is 32.1 Å². The summed E-state index contributed by atoms with van der Waals surface area (Å²) in [5.74, 6) is 2.58. The summed E-state index contributed by atoms with van der Waals surface area (Å²) in [7, 11) is 0. The van der Waals surface area contributed by atoms with Gasteiger partial charge in [0.15, 0.2) is 0 Å². The molecule has 0 unspecified atom stereocenters. The van der Waals surface area contributed by atoms with Crippen LogP contribution < -0.4 is 5.32 Å². The van der Waals surface area contributed by atoms with Gasteiger partial charge in [0.2, 0.25) is 5.91 Å². The van der Waals surface area contributed by atoms with Crippen LogP contribution in [0, 0.1) is 17.8 Å². The van der Waals surface area contributed by atoms with E-state index in [1.807, 2.05) is 18.2 Å². The maximum atomic E-state index is 12.1. The zero-order valence-corrected chi connectivity index (χ0v) is 12.2. The van der Waals surface area contributed by atoms with Crippen LogP contribution >= 0.6 is 11.8 Å². The smallest absolute Gasteiger partial charge is 0.224 e. The van der Waals surface area contributed by atoms with Crippen molar-refractivity contribution in [3.05, 3.63) is 24.3 Å². The standard InChI is InChI=1S/C16H21NOS/c1-19-15-4-2-3-14(10-15)17-16(18)9-13-8-11-5-6-12(13)7-11/h2-4,10-13H,5-9H2,1H3,(H,17,18)/t11-,12+,13+/m0/s1. The van der Waals surface area contributed by atoms with Crippen LogP contribution in [0.25, 0.3) is 0 Å². The first-order chi connectivity index (χ1) is 9.24. The topological polar surface area (TPSA) is 29.1 Å². The molecule has 2 aliphatic carbocycles. The molecule has 3 heteroatoms. The number of carbonyl (C=O) groups excluding carboxylic acids is 1. The first-order valence-corrected chi connectivity index (χ1v) is 8.41. The predicted molar refractivity (Wildman–Crippen MR) is 80.4 cm³/mol. The van der Waals surface area contributed by atoms with Gasteiger partial charge in [0.1, 0.15) is 0 Å². The molecule has 3 rings (SSSR count). The Balaban J connectivity index is 1.56. The second-order valence-corrected chi connectivity index (χ2v) is 6.80. The number of carbonyl (C=O) groups is 1. The molecule has 0 spiro atoms. The Hall–Kier alpha value is -0.960. The van der Waals surface area contributed by atoms with Crippen molar-refractivity contribution in [3.8, 4) is 0 Å². The number of hydrogen-bond acceptors (Lipinski definition) is 2. The summed E-state index contributed by atoms with van der Waals surface area (Å²) in [4.78, 5) is 13.3. The Labute approximate surface area is 119 Å². The van der Waals surface area contributed by atoms with Crippen molar-refractivity contribution in [2.24, 2.45) is 17.8 Å². The molecule has 1 aromatic carbocycles. The Morgan fingerprint density at radius 2 is 2.26 bits per heavy atom. The number of benzene rings is 1. The normalized spacial score (nSPS) is 28.6. The van der Waals surface area contributed by atoms with Crippen LogP contribution in [0.2, 0.25) is 0 Å². The third-order valence-corrected chi connectivity index (χ3v) is 5.41. The lowest BCUT2D eigenvalue weighted by atomic mass is 9.86. The van der Waals surface area contributed by atoms with E-state index in [1.54, 1.807) is 11.8 Å². The minimum absolute atomic E-state index is 0.191. The minimum atomic E-state index is 0.191. The van der Waals surface area contributed by atoms with E-state index in [9.17, 15) is 4.79 Å². The monoisotopic (exact) mass is 275 g/mol. The van der Waals surface area contributed by atoms with Crippen molar-refractivity contribution in [1.29, 1.82) is 0 Å². The zero-order chi connectivity index (χ0) is 13.2. The van der Waals surface area contributed by atoms with Gasteiger partial charge in [0, 0.05) is 17.0 Å². The molecule has 2 aliphatic rings. The quantitative estimate of drug-likeness (QED) is 0.835. The molecule has 2 fully saturated rings. The van der Waals surface area contributed by atoms with Gasteiger partial charge in [0.05, 0.1) is 0 Å². The second kappa shape index (κ2) is 5.58. The van der Waals surface area contributed by atoms with Crippen molar-refractivity contribution in [2.75, 3.05) is 11.6 Å². The summed E-state index contributed by atoms with van der Waals surface area (Å²) < 4.78 is 0. The number of anilines is 1. The number of hydrogen-bond donors (Lipinski definition) is 1. The number of rotatable bonds is 4. The highest BCUT2D eigenvalue weighted by molar-refractivity contribution is 7.98. The SMILES string of the molecule is CSc1cccc(NC(=O)C[C@H]2C[C@H]3CC[C@@H]2C3)c1. The largest absolute Gasteiger partial charge is 0.326 e. The second-order valence-electron chi connectivity index (χ2n) is 5.92. The summed E-state index contributed by atoms with van der Waals surface area (Å²) in [6, 6.07) is 8.08. The third kappa shape index (κ3) is 2.97. The van der Waals surface area contributed by atoms with Crippen molar-refractivity contribution < 1.29 is 4.79 Å². The summed E-state index contributed by atoms with van der Waals surface area (Å²) in [6.07, 6.45) is 8.17. The molecule has 0 radical (unpaired) electrons. The molecular weight excluding hydrogens is 254 g/mol. The van der Waals surface area contributed by atoms with Gasteiger partial charge in [-0.3, -0.25) is 4.79 Å². The maximum absolute atomic E-state index is 12.1. The lowest BCUT2D eigenvalue weighted by Crippen LogP contribution is -2.20. The average molecular weight is 275 g/mol. The molecule has 0 saturated heterocycles. The molecule has 102 valence electrons. The maximum Gasteiger partial charge on any atom is 0.224 e. The van der Waals surface area contributed by atoms with Gasteiger partial charge >= 0.3 is 0 Å². The Morgan fingerprint density at radius 1 is 1.37 bits per heavy atom. The molecule has 3 atom stereocenters. The molecule has 2 saturated carbocycles. The van der Waals surface area contributed by atoms with Crippen LogP contribution in [-0.4, -0.2) is 12.2 Å². The van der Waals surface area contributed by atoms with Crippen molar-refractivity contribution in [3.63, 3.8) is 0 Å². The van der Waals surface area contributed by atoms with Gasteiger partial charge in [0.25, 0.3) is 0 Å². The van der Waals surface area contributed by atoms with Crippen molar-refractivity contribution in [2.45, 2.75) is 37.0 Å². The highest BCUT2D eigenvalue weighted by atomic mass is 32.2. The zero-order valence-electron chi connectivity index (χ0n) is 11.4. The van der Waals surface area contributed by atoms with E-state index in [-0.39, 0.29) is 5.91 Å². The highest BCUT2D eigenvalue weighted by Gasteiger charge is 2.40. The van der Waals surface area contributed by atoms with E-state index in [2.05, 4.69) is 17.6 Å². The first-order valence-electron chi connectivity index (χ1n) is 7.18. The molecule has 2 nitrogen and oxygen atoms in total. The lowest BCUT2D eigenvalue weighted by molar-refractivity contribution is -0.117. The van der Waals surface area contributed by atoms with E-state index < -0.39 is 0 Å². The van der Waals surface area contributed by atoms with E-state index in [0.717, 1.165) is 17.5 Å². The third-order valence-electron chi connectivity index (χ3n) is 4.69. The van der Waals surface area contributed by atoms with Gasteiger partial charge in [-0.05, 0) is 61.5 Å². The number of thioether (sulfide) groups is 1. The minimum Gasteiger partial charge on any atom is -0.326 e. The number of fused-ring (bicyclic) bond motifs is 2. The van der Waals surface area contributed by atoms with Crippen molar-refractivity contribution in [1.82, 2.24) is 0 Å². The Bertz CT molecular complexity index is 474. The van der Waals surface area contributed by atoms with Crippen LogP contribution in [0.5, 0.6) is 0 Å². The number of amides is 1. The molecule has 2 bridgehead atoms. The van der Waals surface area contributed by atoms with E-state index in [0.29, 0.717) is 12.3 Å². The van der Waals surface area contributed by atoms with Gasteiger partial charge in [-0.15, -0.1) is 11.8 Å². The average Bonchev–Trinajstić information content (AvgIpc) is 3.01. The molecule has 1 amide bonds. The summed E-state index contributed by atoms with van der Waals surface area (Å²) in [6.45, 7) is 0. The fraction of sp³-hybridized carbons (Fsp3) is 0.562. The molecule has 0 aromatic heterocycles. The molecule has 0 heterocycles. The van der Waals surface area contributed by atoms with Crippen LogP contribution in [-0.2, 0) is 4.79 Å². The van der Waals surface area contributed by atoms with Crippen LogP contribution in [0.3, 0.4) is 0 Å². The van der Waals surface area contributed by atoms with Crippen LogP contribution in [0.15, 0.2) is 29.2 Å². The lowest BCUT2D eigenvalue weighted by Gasteiger charge is -2.20. The molecule has 0 aliphatic heterocycles. The molecular formula is C16H21NOS. The number of nitrogens with one attached hydrogen (secondary N) is 1. The Morgan fingerprint density at radius 3 is 2.95 bits per heavy atom. The Kier molecular flexibility index (Phi) is 3.83. The van der Waals surface area contributed by atoms with Crippen molar-refractivity contribution >= 4 is 23.4 Å². The fourth-order valence-corrected chi connectivity index (χ4v) is 4.24. The van der Waals surface area contributed by atoms with Gasteiger partial charge in [-0.1, -0.05) is 12.5 Å².